The van der Waals surface area contributed by atoms with E-state index in [4.69, 9.17) is 4.74 Å². The molecule has 0 saturated heterocycles. The molecule has 0 radical (unpaired) electrons. The molecule has 4 fully saturated rings. The average molecular weight is 361 g/mol. The Morgan fingerprint density at radius 2 is 1.54 bits per heavy atom. The fraction of sp³-hybridized carbons (Fsp3) is 0.913. The molecule has 0 aromatic rings. The molecule has 0 unspecified atom stereocenters. The molecule has 3 heteroatoms. The van der Waals surface area contributed by atoms with E-state index in [1.165, 1.54) is 45.4 Å². The highest BCUT2D eigenvalue weighted by atomic mass is 16.5. The third-order valence-corrected chi connectivity index (χ3v) is 9.44. The van der Waals surface area contributed by atoms with Crippen LogP contribution in [0, 0.1) is 40.4 Å². The second-order valence-corrected chi connectivity index (χ2v) is 10.4. The molecule has 26 heavy (non-hydrogen) atoms. The maximum Gasteiger partial charge on any atom is 0.302 e. The van der Waals surface area contributed by atoms with Crippen molar-refractivity contribution >= 4 is 11.8 Å². The van der Waals surface area contributed by atoms with Crippen molar-refractivity contribution in [3.63, 3.8) is 0 Å². The zero-order valence-electron chi connectivity index (χ0n) is 17.1. The number of hydrogen-bond acceptors (Lipinski definition) is 3. The standard InChI is InChI=1S/C23H36O3/c1-14(24)19-7-8-20-18-6-5-16-13-17(26-15(2)25)9-11-22(16,3)21(18)10-12-23(19,20)4/h16-21H,5-13H2,1-4H3/t16-,17-,18-,19+,20-,21-,22-,23+/m0/s1. The summed E-state index contributed by atoms with van der Waals surface area (Å²) in [5.74, 6) is 3.68. The predicted octanol–water partition coefficient (Wildman–Crippen LogP) is 5.17. The lowest BCUT2D eigenvalue weighted by Gasteiger charge is -2.61. The molecule has 0 heterocycles. The summed E-state index contributed by atoms with van der Waals surface area (Å²) in [6.07, 6.45) is 11.0. The van der Waals surface area contributed by atoms with Gasteiger partial charge in [-0.05, 0) is 99.2 Å². The summed E-state index contributed by atoms with van der Waals surface area (Å²) in [4.78, 5) is 23.6. The van der Waals surface area contributed by atoms with Crippen LogP contribution in [0.15, 0.2) is 0 Å². The van der Waals surface area contributed by atoms with Crippen molar-refractivity contribution < 1.29 is 14.3 Å². The van der Waals surface area contributed by atoms with Gasteiger partial charge >= 0.3 is 5.97 Å². The third kappa shape index (κ3) is 2.67. The summed E-state index contributed by atoms with van der Waals surface area (Å²) in [6, 6.07) is 0. The summed E-state index contributed by atoms with van der Waals surface area (Å²) in [6.45, 7) is 8.33. The van der Waals surface area contributed by atoms with Gasteiger partial charge in [0.2, 0.25) is 0 Å². The first-order valence-electron chi connectivity index (χ1n) is 10.9. The molecule has 3 nitrogen and oxygen atoms in total. The van der Waals surface area contributed by atoms with Gasteiger partial charge in [0.05, 0.1) is 0 Å². The molecule has 0 spiro atoms. The van der Waals surface area contributed by atoms with Gasteiger partial charge in [-0.3, -0.25) is 9.59 Å². The minimum absolute atomic E-state index is 0.123. The molecular weight excluding hydrogens is 324 g/mol. The number of Topliss-reactive ketones (excluding diaryl/α,β-unsaturated/α-hetero) is 1. The lowest BCUT2D eigenvalue weighted by atomic mass is 9.44. The molecule has 4 aliphatic rings. The number of esters is 1. The van der Waals surface area contributed by atoms with Crippen LogP contribution in [0.3, 0.4) is 0 Å². The molecule has 8 atom stereocenters. The van der Waals surface area contributed by atoms with Crippen molar-refractivity contribution in [3.8, 4) is 0 Å². The molecule has 0 amide bonds. The van der Waals surface area contributed by atoms with E-state index in [0.717, 1.165) is 37.0 Å². The fourth-order valence-electron chi connectivity index (χ4n) is 8.23. The van der Waals surface area contributed by atoms with Gasteiger partial charge in [-0.1, -0.05) is 13.8 Å². The number of ether oxygens (including phenoxy) is 1. The van der Waals surface area contributed by atoms with Crippen molar-refractivity contribution in [2.45, 2.75) is 91.6 Å². The zero-order valence-corrected chi connectivity index (χ0v) is 17.1. The molecule has 4 saturated carbocycles. The summed E-state index contributed by atoms with van der Waals surface area (Å²) in [5.41, 5.74) is 0.667. The molecule has 0 aromatic heterocycles. The van der Waals surface area contributed by atoms with Gasteiger partial charge in [0, 0.05) is 12.8 Å². The van der Waals surface area contributed by atoms with Crippen molar-refractivity contribution in [3.05, 3.63) is 0 Å². The molecule has 0 aromatic carbocycles. The van der Waals surface area contributed by atoms with E-state index in [1.54, 1.807) is 0 Å². The van der Waals surface area contributed by atoms with Crippen molar-refractivity contribution in [1.82, 2.24) is 0 Å². The largest absolute Gasteiger partial charge is 0.463 e. The van der Waals surface area contributed by atoms with Gasteiger partial charge in [-0.2, -0.15) is 0 Å². The minimum atomic E-state index is -0.123. The van der Waals surface area contributed by atoms with Crippen LogP contribution in [-0.4, -0.2) is 17.9 Å². The maximum absolute atomic E-state index is 12.2. The van der Waals surface area contributed by atoms with Crippen LogP contribution in [0.5, 0.6) is 0 Å². The van der Waals surface area contributed by atoms with E-state index in [-0.39, 0.29) is 17.5 Å². The van der Waals surface area contributed by atoms with Gasteiger partial charge in [0.15, 0.2) is 0 Å². The van der Waals surface area contributed by atoms with Gasteiger partial charge in [0.1, 0.15) is 11.9 Å². The Labute approximate surface area is 158 Å². The highest BCUT2D eigenvalue weighted by Crippen LogP contribution is 2.67. The topological polar surface area (TPSA) is 43.4 Å². The lowest BCUT2D eigenvalue weighted by Crippen LogP contribution is -2.54. The van der Waals surface area contributed by atoms with E-state index >= 15 is 0 Å². The van der Waals surface area contributed by atoms with Crippen LogP contribution < -0.4 is 0 Å². The number of carbonyl (C=O) groups is 2. The normalized spacial score (nSPS) is 50.3. The first-order chi connectivity index (χ1) is 12.3. The van der Waals surface area contributed by atoms with Crippen molar-refractivity contribution in [1.29, 1.82) is 0 Å². The van der Waals surface area contributed by atoms with Gasteiger partial charge < -0.3 is 4.74 Å². The number of rotatable bonds is 2. The molecule has 0 bridgehead atoms. The fourth-order valence-corrected chi connectivity index (χ4v) is 8.23. The summed E-state index contributed by atoms with van der Waals surface area (Å²) >= 11 is 0. The molecule has 146 valence electrons. The first-order valence-corrected chi connectivity index (χ1v) is 10.9. The molecule has 4 aliphatic carbocycles. The highest BCUT2D eigenvalue weighted by Gasteiger charge is 2.60. The van der Waals surface area contributed by atoms with E-state index in [0.29, 0.717) is 23.0 Å². The Morgan fingerprint density at radius 3 is 2.23 bits per heavy atom. The number of ketones is 1. The quantitative estimate of drug-likeness (QED) is 0.638. The van der Waals surface area contributed by atoms with E-state index in [1.807, 2.05) is 6.92 Å². The third-order valence-electron chi connectivity index (χ3n) is 9.44. The molecule has 0 N–H and O–H groups in total. The summed E-state index contributed by atoms with van der Waals surface area (Å²) < 4.78 is 5.57. The Balaban J connectivity index is 1.54. The van der Waals surface area contributed by atoms with E-state index in [2.05, 4.69) is 13.8 Å². The van der Waals surface area contributed by atoms with Crippen LogP contribution >= 0.6 is 0 Å². The zero-order chi connectivity index (χ0) is 18.7. The molecule has 4 rings (SSSR count). The van der Waals surface area contributed by atoms with Crippen LogP contribution in [0.2, 0.25) is 0 Å². The van der Waals surface area contributed by atoms with Gasteiger partial charge in [-0.15, -0.1) is 0 Å². The van der Waals surface area contributed by atoms with Crippen LogP contribution in [-0.2, 0) is 14.3 Å². The first kappa shape index (κ1) is 18.5. The van der Waals surface area contributed by atoms with E-state index in [9.17, 15) is 9.59 Å². The van der Waals surface area contributed by atoms with Gasteiger partial charge in [0.25, 0.3) is 0 Å². The highest BCUT2D eigenvalue weighted by molar-refractivity contribution is 5.79. The average Bonchev–Trinajstić information content (AvgIpc) is 2.92. The Bertz CT molecular complexity index is 598. The number of fused-ring (bicyclic) bond motifs is 5. The summed E-state index contributed by atoms with van der Waals surface area (Å²) in [5, 5.41) is 0. The van der Waals surface area contributed by atoms with Crippen LogP contribution in [0.4, 0.5) is 0 Å². The predicted molar refractivity (Wildman–Crippen MR) is 101 cm³/mol. The minimum Gasteiger partial charge on any atom is -0.463 e. The van der Waals surface area contributed by atoms with Gasteiger partial charge in [-0.25, -0.2) is 0 Å². The molecular formula is C23H36O3. The number of hydrogen-bond donors (Lipinski definition) is 0. The Kier molecular flexibility index (Phi) is 4.51. The smallest absolute Gasteiger partial charge is 0.302 e. The lowest BCUT2D eigenvalue weighted by molar-refractivity contribution is -0.161. The van der Waals surface area contributed by atoms with Crippen LogP contribution in [0.25, 0.3) is 0 Å². The monoisotopic (exact) mass is 360 g/mol. The van der Waals surface area contributed by atoms with Crippen molar-refractivity contribution in [2.75, 3.05) is 0 Å². The summed E-state index contributed by atoms with van der Waals surface area (Å²) in [7, 11) is 0. The number of carbonyl (C=O) groups excluding carboxylic acids is 2. The second kappa shape index (κ2) is 6.34. The Hall–Kier alpha value is -0.860. The van der Waals surface area contributed by atoms with E-state index < -0.39 is 0 Å². The SMILES string of the molecule is CC(=O)O[C@H]1CC[C@@]2(C)[C@@H](CC[C@@H]3[C@@H]2CC[C@]2(C)[C@@H](C(C)=O)CC[C@@H]32)C1. The van der Waals surface area contributed by atoms with Crippen LogP contribution in [0.1, 0.15) is 85.5 Å². The second-order valence-electron chi connectivity index (χ2n) is 10.4. The van der Waals surface area contributed by atoms with Crippen molar-refractivity contribution in [2.24, 2.45) is 40.4 Å². The maximum atomic E-state index is 12.2. The Morgan fingerprint density at radius 1 is 0.846 bits per heavy atom. The molecule has 0 aliphatic heterocycles.